The first-order chi connectivity index (χ1) is 16.1. The molecule has 0 radical (unpaired) electrons. The lowest BCUT2D eigenvalue weighted by Gasteiger charge is -2.12. The first-order valence-electron chi connectivity index (χ1n) is 11.5. The molecular formula is C28H27N3O2. The predicted octanol–water partition coefficient (Wildman–Crippen LogP) is 5.62. The van der Waals surface area contributed by atoms with Crippen LogP contribution in [-0.4, -0.2) is 17.3 Å². The zero-order valence-corrected chi connectivity index (χ0v) is 19.0. The van der Waals surface area contributed by atoms with Crippen LogP contribution in [0.1, 0.15) is 47.8 Å². The molecule has 5 nitrogen and oxygen atoms in total. The second-order valence-electron chi connectivity index (χ2n) is 8.41. The Balaban J connectivity index is 1.38. The number of ether oxygens (including phenoxy) is 1. The molecule has 0 fully saturated rings. The first kappa shape index (κ1) is 21.1. The molecule has 1 N–H and O–H groups in total. The normalized spacial score (nSPS) is 14.1. The van der Waals surface area contributed by atoms with Gasteiger partial charge in [-0.05, 0) is 91.8 Å². The Kier molecular flexibility index (Phi) is 5.78. The zero-order chi connectivity index (χ0) is 22.8. The van der Waals surface area contributed by atoms with Crippen LogP contribution in [0.15, 0.2) is 70.5 Å². The maximum atomic E-state index is 13.0. The standard InChI is InChI=1S/C28H27N3O2/c1-3-33-23-12-9-20(10-13-23)26-14-11-21-15-27(31-26)28(32)16-22(30-21)17-29-25-6-4-5-24(18(25)2)19-7-8-19/h4-7,9-10,12-13,15-16,29H,3,8,11,14,17H2,1-2H3. The highest BCUT2D eigenvalue weighted by Crippen LogP contribution is 2.35. The van der Waals surface area contributed by atoms with Gasteiger partial charge in [0, 0.05) is 23.2 Å². The summed E-state index contributed by atoms with van der Waals surface area (Å²) in [6, 6.07) is 17.6. The maximum Gasteiger partial charge on any atom is 0.206 e. The number of anilines is 1. The fourth-order valence-corrected chi connectivity index (χ4v) is 4.21. The third-order valence-corrected chi connectivity index (χ3v) is 6.06. The summed E-state index contributed by atoms with van der Waals surface area (Å²) in [6.07, 6.45) is 4.79. The van der Waals surface area contributed by atoms with Gasteiger partial charge in [0.2, 0.25) is 5.43 Å². The molecule has 0 spiro atoms. The fraction of sp³-hybridized carbons (Fsp3) is 0.250. The third-order valence-electron chi connectivity index (χ3n) is 6.06. The highest BCUT2D eigenvalue weighted by molar-refractivity contribution is 6.02. The Labute approximate surface area is 193 Å². The Hall–Kier alpha value is -3.73. The van der Waals surface area contributed by atoms with Crippen molar-refractivity contribution in [2.45, 2.75) is 39.7 Å². The molecule has 3 aromatic rings. The van der Waals surface area contributed by atoms with Gasteiger partial charge >= 0.3 is 0 Å². The molecule has 1 aliphatic carbocycles. The Morgan fingerprint density at radius 1 is 1.06 bits per heavy atom. The molecule has 2 bridgehead atoms. The number of aryl methyl sites for hydroxylation is 1. The van der Waals surface area contributed by atoms with Crippen LogP contribution in [0.4, 0.5) is 11.4 Å². The van der Waals surface area contributed by atoms with Gasteiger partial charge in [0.25, 0.3) is 0 Å². The summed E-state index contributed by atoms with van der Waals surface area (Å²) in [5, 5.41) is 3.47. The number of benzene rings is 2. The van der Waals surface area contributed by atoms with E-state index >= 15 is 0 Å². The van der Waals surface area contributed by atoms with Gasteiger partial charge in [0.15, 0.2) is 0 Å². The molecule has 166 valence electrons. The minimum Gasteiger partial charge on any atom is -0.494 e. The van der Waals surface area contributed by atoms with Crippen molar-refractivity contribution in [1.29, 1.82) is 0 Å². The van der Waals surface area contributed by atoms with Crippen molar-refractivity contribution in [2.75, 3.05) is 11.9 Å². The highest BCUT2D eigenvalue weighted by Gasteiger charge is 2.16. The number of rotatable bonds is 7. The van der Waals surface area contributed by atoms with E-state index in [2.05, 4.69) is 36.5 Å². The number of hydrogen-bond donors (Lipinski definition) is 1. The molecule has 0 amide bonds. The lowest BCUT2D eigenvalue weighted by molar-refractivity contribution is 0.340. The first-order valence-corrected chi connectivity index (χ1v) is 11.5. The number of aliphatic imine (C=N–C) groups is 1. The van der Waals surface area contributed by atoms with E-state index in [1.807, 2.05) is 37.3 Å². The average Bonchev–Trinajstić information content (AvgIpc) is 3.67. The van der Waals surface area contributed by atoms with E-state index in [-0.39, 0.29) is 5.43 Å². The number of fused-ring (bicyclic) bond motifs is 2. The Bertz CT molecular complexity index is 1320. The molecule has 33 heavy (non-hydrogen) atoms. The summed E-state index contributed by atoms with van der Waals surface area (Å²) in [4.78, 5) is 22.5. The van der Waals surface area contributed by atoms with Crippen LogP contribution in [0, 0.1) is 6.92 Å². The van der Waals surface area contributed by atoms with E-state index in [0.717, 1.165) is 53.4 Å². The minimum absolute atomic E-state index is 0.107. The van der Waals surface area contributed by atoms with Crippen molar-refractivity contribution in [3.05, 3.63) is 99.0 Å². The van der Waals surface area contributed by atoms with Crippen LogP contribution >= 0.6 is 0 Å². The fourth-order valence-electron chi connectivity index (χ4n) is 4.21. The van der Waals surface area contributed by atoms with Crippen molar-refractivity contribution in [2.24, 2.45) is 4.99 Å². The quantitative estimate of drug-likeness (QED) is 0.521. The van der Waals surface area contributed by atoms with E-state index in [4.69, 9.17) is 14.7 Å². The summed E-state index contributed by atoms with van der Waals surface area (Å²) in [5.74, 6) is 0.834. The van der Waals surface area contributed by atoms with Crippen molar-refractivity contribution in [3.63, 3.8) is 0 Å². The van der Waals surface area contributed by atoms with E-state index in [1.165, 1.54) is 16.7 Å². The van der Waals surface area contributed by atoms with Crippen LogP contribution in [-0.2, 0) is 13.0 Å². The molecule has 0 saturated heterocycles. The lowest BCUT2D eigenvalue weighted by Crippen LogP contribution is -2.08. The zero-order valence-electron chi connectivity index (χ0n) is 19.0. The highest BCUT2D eigenvalue weighted by atomic mass is 16.5. The number of nitrogens with zero attached hydrogens (tertiary/aromatic N) is 2. The number of allylic oxidation sites excluding steroid dienone is 2. The van der Waals surface area contributed by atoms with E-state index in [0.29, 0.717) is 18.8 Å². The molecule has 2 aliphatic rings. The van der Waals surface area contributed by atoms with Gasteiger partial charge in [-0.15, -0.1) is 0 Å². The molecule has 0 unspecified atom stereocenters. The second kappa shape index (κ2) is 9.02. The van der Waals surface area contributed by atoms with Crippen LogP contribution in [0.2, 0.25) is 0 Å². The topological polar surface area (TPSA) is 63.6 Å². The van der Waals surface area contributed by atoms with Crippen LogP contribution in [0.25, 0.3) is 5.57 Å². The molecule has 1 aromatic heterocycles. The summed E-state index contributed by atoms with van der Waals surface area (Å²) >= 11 is 0. The molecule has 0 saturated carbocycles. The molecule has 1 aliphatic heterocycles. The van der Waals surface area contributed by atoms with Gasteiger partial charge < -0.3 is 10.1 Å². The molecule has 2 aromatic carbocycles. The molecular weight excluding hydrogens is 410 g/mol. The van der Waals surface area contributed by atoms with E-state index in [9.17, 15) is 4.79 Å². The van der Waals surface area contributed by atoms with Crippen molar-refractivity contribution >= 4 is 22.7 Å². The summed E-state index contributed by atoms with van der Waals surface area (Å²) < 4.78 is 5.53. The summed E-state index contributed by atoms with van der Waals surface area (Å²) in [5.41, 5.74) is 8.88. The molecule has 0 atom stereocenters. The largest absolute Gasteiger partial charge is 0.494 e. The minimum atomic E-state index is -0.107. The number of nitrogens with one attached hydrogen (secondary N) is 1. The van der Waals surface area contributed by atoms with Gasteiger partial charge in [-0.2, -0.15) is 0 Å². The van der Waals surface area contributed by atoms with Gasteiger partial charge in [-0.1, -0.05) is 18.2 Å². The van der Waals surface area contributed by atoms with E-state index < -0.39 is 0 Å². The monoisotopic (exact) mass is 437 g/mol. The van der Waals surface area contributed by atoms with Gasteiger partial charge in [-0.3, -0.25) is 9.78 Å². The van der Waals surface area contributed by atoms with E-state index in [1.54, 1.807) is 6.07 Å². The molecule has 2 heterocycles. The molecule has 5 rings (SSSR count). The predicted molar refractivity (Wildman–Crippen MR) is 134 cm³/mol. The number of hydrogen-bond acceptors (Lipinski definition) is 5. The van der Waals surface area contributed by atoms with Crippen LogP contribution < -0.4 is 15.5 Å². The van der Waals surface area contributed by atoms with Crippen LogP contribution in [0.3, 0.4) is 0 Å². The number of aromatic nitrogens is 1. The summed E-state index contributed by atoms with van der Waals surface area (Å²) in [6.45, 7) is 5.23. The molecule has 5 heteroatoms. The lowest BCUT2D eigenvalue weighted by atomic mass is 10.0. The summed E-state index contributed by atoms with van der Waals surface area (Å²) in [7, 11) is 0. The van der Waals surface area contributed by atoms with Gasteiger partial charge in [0.1, 0.15) is 11.4 Å². The third kappa shape index (κ3) is 4.72. The van der Waals surface area contributed by atoms with Gasteiger partial charge in [-0.25, -0.2) is 4.99 Å². The maximum absolute atomic E-state index is 13.0. The average molecular weight is 438 g/mol. The van der Waals surface area contributed by atoms with Crippen molar-refractivity contribution in [1.82, 2.24) is 4.98 Å². The Morgan fingerprint density at radius 3 is 2.64 bits per heavy atom. The second-order valence-corrected chi connectivity index (χ2v) is 8.41. The smallest absolute Gasteiger partial charge is 0.206 e. The van der Waals surface area contributed by atoms with Crippen LogP contribution in [0.5, 0.6) is 5.75 Å². The Morgan fingerprint density at radius 2 is 1.88 bits per heavy atom. The van der Waals surface area contributed by atoms with Gasteiger partial charge in [0.05, 0.1) is 18.8 Å². The SMILES string of the molecule is CCOc1ccc(C2=Nc3cc(nc(CNc4cccc(C5=CC5)c4C)cc3=O)CC2)cc1. The van der Waals surface area contributed by atoms with Crippen molar-refractivity contribution in [3.8, 4) is 5.75 Å². The van der Waals surface area contributed by atoms with Crippen molar-refractivity contribution < 1.29 is 4.74 Å².